The van der Waals surface area contributed by atoms with Crippen LogP contribution in [0.5, 0.6) is 5.75 Å². The van der Waals surface area contributed by atoms with Gasteiger partial charge in [0.25, 0.3) is 5.91 Å². The molecule has 3 heterocycles. The van der Waals surface area contributed by atoms with Gasteiger partial charge in [0.15, 0.2) is 10.8 Å². The first-order valence-corrected chi connectivity index (χ1v) is 10.0. The number of hydrogen-bond acceptors (Lipinski definition) is 7. The van der Waals surface area contributed by atoms with Gasteiger partial charge in [-0.3, -0.25) is 19.3 Å². The minimum absolute atomic E-state index is 0.139. The van der Waals surface area contributed by atoms with Crippen molar-refractivity contribution < 1.29 is 14.3 Å². The molecule has 1 aliphatic heterocycles. The maximum Gasteiger partial charge on any atom is 0.280 e. The number of methoxy groups -OCH3 is 1. The predicted molar refractivity (Wildman–Crippen MR) is 108 cm³/mol. The van der Waals surface area contributed by atoms with Crippen LogP contribution in [-0.2, 0) is 11.8 Å². The van der Waals surface area contributed by atoms with Gasteiger partial charge in [0, 0.05) is 39.4 Å². The van der Waals surface area contributed by atoms with Crippen molar-refractivity contribution in [3.8, 4) is 5.75 Å². The Kier molecular flexibility index (Phi) is 5.56. The lowest BCUT2D eigenvalue weighted by Crippen LogP contribution is -2.43. The van der Waals surface area contributed by atoms with E-state index in [0.29, 0.717) is 17.4 Å². The van der Waals surface area contributed by atoms with Crippen molar-refractivity contribution in [2.75, 3.05) is 51.4 Å². The number of carbonyl (C=O) groups excluding carboxylic acids is 1. The quantitative estimate of drug-likeness (QED) is 0.629. The fraction of sp³-hybridized carbons (Fsp3) is 0.421. The Balaban J connectivity index is 1.62. The van der Waals surface area contributed by atoms with Gasteiger partial charge in [-0.25, -0.2) is 4.98 Å². The predicted octanol–water partition coefficient (Wildman–Crippen LogP) is 2.02. The highest BCUT2D eigenvalue weighted by molar-refractivity contribution is 7.22. The number of hydrogen-bond donors (Lipinski definition) is 0. The Bertz CT molecular complexity index is 964. The number of ether oxygens (including phenoxy) is 2. The number of benzene rings is 1. The van der Waals surface area contributed by atoms with Crippen molar-refractivity contribution in [3.63, 3.8) is 0 Å². The zero-order valence-corrected chi connectivity index (χ0v) is 16.8. The van der Waals surface area contributed by atoms with Crippen LogP contribution in [-0.4, -0.2) is 72.1 Å². The number of rotatable bonds is 6. The molecule has 0 N–H and O–H groups in total. The maximum atomic E-state index is 13.2. The summed E-state index contributed by atoms with van der Waals surface area (Å²) < 4.78 is 13.3. The molecular weight excluding hydrogens is 378 g/mol. The van der Waals surface area contributed by atoms with Crippen LogP contribution in [0.4, 0.5) is 5.13 Å². The van der Waals surface area contributed by atoms with E-state index in [1.54, 1.807) is 36.0 Å². The molecule has 9 heteroatoms. The molecule has 1 amide bonds. The van der Waals surface area contributed by atoms with Gasteiger partial charge < -0.3 is 9.47 Å². The van der Waals surface area contributed by atoms with E-state index in [-0.39, 0.29) is 5.91 Å². The second-order valence-electron chi connectivity index (χ2n) is 6.62. The van der Waals surface area contributed by atoms with Crippen molar-refractivity contribution in [3.05, 3.63) is 36.2 Å². The first-order valence-electron chi connectivity index (χ1n) is 9.20. The van der Waals surface area contributed by atoms with Gasteiger partial charge in [-0.05, 0) is 24.3 Å². The number of morpholine rings is 1. The van der Waals surface area contributed by atoms with Crippen molar-refractivity contribution in [1.82, 2.24) is 19.7 Å². The van der Waals surface area contributed by atoms with E-state index >= 15 is 0 Å². The molecular formula is C19H23N5O3S. The Morgan fingerprint density at radius 2 is 2.14 bits per heavy atom. The van der Waals surface area contributed by atoms with Crippen molar-refractivity contribution in [2.45, 2.75) is 0 Å². The van der Waals surface area contributed by atoms with Crippen molar-refractivity contribution in [2.24, 2.45) is 7.05 Å². The van der Waals surface area contributed by atoms with E-state index in [1.807, 2.05) is 18.2 Å². The molecule has 1 fully saturated rings. The lowest BCUT2D eigenvalue weighted by Gasteiger charge is -2.29. The number of fused-ring (bicyclic) bond motifs is 1. The van der Waals surface area contributed by atoms with Crippen molar-refractivity contribution in [1.29, 1.82) is 0 Å². The SMILES string of the molecule is COc1ccc2nc(N(CCN3CCOCC3)C(=O)c3ccn(C)n3)sc2c1. The first-order chi connectivity index (χ1) is 13.6. The standard InChI is InChI=1S/C19H23N5O3S/c1-22-6-5-16(21-22)18(25)24(8-7-23-9-11-27-12-10-23)19-20-15-4-3-14(26-2)13-17(15)28-19/h3-6,13H,7-12H2,1-2H3. The third-order valence-corrected chi connectivity index (χ3v) is 5.78. The van der Waals surface area contributed by atoms with E-state index in [2.05, 4.69) is 10.00 Å². The van der Waals surface area contributed by atoms with Crippen LogP contribution >= 0.6 is 11.3 Å². The first kappa shape index (κ1) is 18.9. The lowest BCUT2D eigenvalue weighted by molar-refractivity contribution is 0.0391. The van der Waals surface area contributed by atoms with Gasteiger partial charge in [0.2, 0.25) is 0 Å². The highest BCUT2D eigenvalue weighted by atomic mass is 32.1. The van der Waals surface area contributed by atoms with E-state index in [1.165, 1.54) is 11.3 Å². The van der Waals surface area contributed by atoms with Crippen LogP contribution in [0.2, 0.25) is 0 Å². The second kappa shape index (κ2) is 8.26. The van der Waals surface area contributed by atoms with Gasteiger partial charge >= 0.3 is 0 Å². The van der Waals surface area contributed by atoms with Gasteiger partial charge in [-0.15, -0.1) is 0 Å². The summed E-state index contributed by atoms with van der Waals surface area (Å²) in [5.74, 6) is 0.637. The Morgan fingerprint density at radius 1 is 1.32 bits per heavy atom. The van der Waals surface area contributed by atoms with E-state index in [9.17, 15) is 4.79 Å². The van der Waals surface area contributed by atoms with Gasteiger partial charge in [-0.2, -0.15) is 5.10 Å². The number of aromatic nitrogens is 3. The number of aryl methyl sites for hydroxylation is 1. The summed E-state index contributed by atoms with van der Waals surface area (Å²) in [6.45, 7) is 4.53. The third-order valence-electron chi connectivity index (χ3n) is 4.74. The molecule has 0 spiro atoms. The summed E-state index contributed by atoms with van der Waals surface area (Å²) in [5.41, 5.74) is 1.27. The average molecular weight is 401 g/mol. The molecule has 0 aliphatic carbocycles. The fourth-order valence-electron chi connectivity index (χ4n) is 3.15. The summed E-state index contributed by atoms with van der Waals surface area (Å²) in [7, 11) is 3.45. The zero-order valence-electron chi connectivity index (χ0n) is 16.0. The number of nitrogens with zero attached hydrogens (tertiary/aromatic N) is 5. The number of carbonyl (C=O) groups is 1. The highest BCUT2D eigenvalue weighted by Crippen LogP contribution is 2.32. The Labute approximate surface area is 167 Å². The molecule has 148 valence electrons. The average Bonchev–Trinajstić information content (AvgIpc) is 3.34. The molecule has 0 radical (unpaired) electrons. The lowest BCUT2D eigenvalue weighted by atomic mass is 10.3. The summed E-state index contributed by atoms with van der Waals surface area (Å²) in [4.78, 5) is 21.9. The minimum atomic E-state index is -0.139. The number of amides is 1. The van der Waals surface area contributed by atoms with Crippen LogP contribution in [0.15, 0.2) is 30.5 Å². The molecule has 0 bridgehead atoms. The van der Waals surface area contributed by atoms with Crippen molar-refractivity contribution >= 4 is 32.6 Å². The molecule has 4 rings (SSSR count). The highest BCUT2D eigenvalue weighted by Gasteiger charge is 2.24. The van der Waals surface area contributed by atoms with Crippen LogP contribution in [0.3, 0.4) is 0 Å². The maximum absolute atomic E-state index is 13.2. The smallest absolute Gasteiger partial charge is 0.280 e. The topological polar surface area (TPSA) is 72.7 Å². The zero-order chi connectivity index (χ0) is 19.5. The Hall–Kier alpha value is -2.49. The number of thiazole rings is 1. The molecule has 1 aromatic carbocycles. The summed E-state index contributed by atoms with van der Waals surface area (Å²) in [5, 5.41) is 4.96. The van der Waals surface area contributed by atoms with Gasteiger partial charge in [0.1, 0.15) is 5.75 Å². The summed E-state index contributed by atoms with van der Waals surface area (Å²) in [6, 6.07) is 7.48. The van der Waals surface area contributed by atoms with Gasteiger partial charge in [-0.1, -0.05) is 11.3 Å². The summed E-state index contributed by atoms with van der Waals surface area (Å²) >= 11 is 1.49. The summed E-state index contributed by atoms with van der Waals surface area (Å²) in [6.07, 6.45) is 1.77. The molecule has 3 aromatic rings. The van der Waals surface area contributed by atoms with Crippen LogP contribution in [0.1, 0.15) is 10.5 Å². The molecule has 0 atom stereocenters. The fourth-order valence-corrected chi connectivity index (χ4v) is 4.17. The monoisotopic (exact) mass is 401 g/mol. The van der Waals surface area contributed by atoms with E-state index in [0.717, 1.165) is 48.8 Å². The van der Waals surface area contributed by atoms with Crippen LogP contribution in [0, 0.1) is 0 Å². The van der Waals surface area contributed by atoms with Gasteiger partial charge in [0.05, 0.1) is 30.5 Å². The molecule has 0 saturated carbocycles. The minimum Gasteiger partial charge on any atom is -0.497 e. The van der Waals surface area contributed by atoms with Crippen LogP contribution < -0.4 is 9.64 Å². The normalized spacial score (nSPS) is 15.1. The second-order valence-corrected chi connectivity index (χ2v) is 7.62. The third kappa shape index (κ3) is 4.01. The molecule has 1 saturated heterocycles. The molecule has 8 nitrogen and oxygen atoms in total. The van der Waals surface area contributed by atoms with Crippen LogP contribution in [0.25, 0.3) is 10.2 Å². The number of anilines is 1. The largest absolute Gasteiger partial charge is 0.497 e. The van der Waals surface area contributed by atoms with E-state index in [4.69, 9.17) is 14.5 Å². The molecule has 2 aromatic heterocycles. The molecule has 1 aliphatic rings. The Morgan fingerprint density at radius 3 is 2.86 bits per heavy atom. The molecule has 0 unspecified atom stereocenters. The molecule has 28 heavy (non-hydrogen) atoms. The van der Waals surface area contributed by atoms with E-state index < -0.39 is 0 Å².